The molecule has 2 rings (SSSR count). The molecule has 3 N–H and O–H groups in total. The van der Waals surface area contributed by atoms with Gasteiger partial charge < -0.3 is 9.84 Å². The van der Waals surface area contributed by atoms with E-state index in [4.69, 9.17) is 5.11 Å². The van der Waals surface area contributed by atoms with E-state index in [1.54, 1.807) is 0 Å². The predicted molar refractivity (Wildman–Crippen MR) is 67.8 cm³/mol. The van der Waals surface area contributed by atoms with Crippen LogP contribution in [0.1, 0.15) is 0 Å². The van der Waals surface area contributed by atoms with E-state index in [2.05, 4.69) is 10.2 Å². The number of anilines is 1. The average molecular weight is 312 g/mol. The molecular weight excluding hydrogens is 304 g/mol. The molecule has 0 spiro atoms. The number of ether oxygens (including phenoxy) is 1. The zero-order valence-electron chi connectivity index (χ0n) is 10.6. The molecule has 12 heteroatoms. The van der Waals surface area contributed by atoms with Gasteiger partial charge in [0.25, 0.3) is 11.6 Å². The van der Waals surface area contributed by atoms with Crippen LogP contribution in [0.4, 0.5) is 17.1 Å². The fourth-order valence-electron chi connectivity index (χ4n) is 1.59. The maximum atomic E-state index is 11.5. The van der Waals surface area contributed by atoms with Gasteiger partial charge in [-0.3, -0.25) is 35.9 Å². The van der Waals surface area contributed by atoms with Crippen LogP contribution < -0.4 is 10.9 Å². The van der Waals surface area contributed by atoms with Crippen molar-refractivity contribution in [1.29, 1.82) is 0 Å². The largest absolute Gasteiger partial charge is 0.479 e. The lowest BCUT2D eigenvalue weighted by Gasteiger charge is -2.07. The minimum absolute atomic E-state index is 0.198. The number of carbonyl (C=O) groups excluding carboxylic acids is 1. The highest BCUT2D eigenvalue weighted by atomic mass is 16.6. The van der Waals surface area contributed by atoms with Crippen LogP contribution in [0.15, 0.2) is 18.2 Å². The van der Waals surface area contributed by atoms with Gasteiger partial charge in [-0.05, 0) is 6.07 Å². The van der Waals surface area contributed by atoms with Crippen LogP contribution in [-0.4, -0.2) is 39.0 Å². The molecule has 0 bridgehead atoms. The standard InChI is InChI=1S/C10H8N4O8/c15-9(7-8(22-7)10(16)17)12-11-5-2-1-4(13(18)19)3-6(5)14(20)21/h1-3,7-8,11H,(H,12,15)(H,16,17)/t7-,8+/m1/s1. The Hall–Kier alpha value is -3.28. The summed E-state index contributed by atoms with van der Waals surface area (Å²) in [5.74, 6) is -2.14. The number of non-ortho nitro benzene ring substituents is 1. The van der Waals surface area contributed by atoms with Gasteiger partial charge in [-0.2, -0.15) is 0 Å². The predicted octanol–water partition coefficient (Wildman–Crippen LogP) is -0.202. The van der Waals surface area contributed by atoms with E-state index in [0.717, 1.165) is 18.2 Å². The molecule has 0 aliphatic carbocycles. The molecule has 1 fully saturated rings. The lowest BCUT2D eigenvalue weighted by molar-refractivity contribution is -0.393. The number of hydrogen-bond donors (Lipinski definition) is 3. The Morgan fingerprint density at radius 3 is 2.36 bits per heavy atom. The maximum absolute atomic E-state index is 11.5. The molecule has 1 aliphatic heterocycles. The van der Waals surface area contributed by atoms with Crippen molar-refractivity contribution in [2.45, 2.75) is 12.2 Å². The van der Waals surface area contributed by atoms with E-state index in [-0.39, 0.29) is 5.69 Å². The minimum Gasteiger partial charge on any atom is -0.479 e. The smallest absolute Gasteiger partial charge is 0.336 e. The van der Waals surface area contributed by atoms with Gasteiger partial charge in [-0.25, -0.2) is 4.79 Å². The SMILES string of the molecule is O=C(O)[C@H]1O[C@H]1C(=O)NNc1ccc([N+](=O)[O-])cc1[N+](=O)[O-]. The van der Waals surface area contributed by atoms with Gasteiger partial charge in [0.1, 0.15) is 5.69 Å². The molecule has 1 aliphatic rings. The molecule has 1 heterocycles. The molecule has 116 valence electrons. The van der Waals surface area contributed by atoms with Crippen molar-refractivity contribution in [1.82, 2.24) is 5.43 Å². The number of aliphatic carboxylic acids is 1. The van der Waals surface area contributed by atoms with Crippen LogP contribution in [0.25, 0.3) is 0 Å². The number of carbonyl (C=O) groups is 2. The molecule has 0 aromatic heterocycles. The summed E-state index contributed by atoms with van der Waals surface area (Å²) in [6.45, 7) is 0. The van der Waals surface area contributed by atoms with Crippen LogP contribution >= 0.6 is 0 Å². The highest BCUT2D eigenvalue weighted by Gasteiger charge is 2.50. The highest BCUT2D eigenvalue weighted by Crippen LogP contribution is 2.28. The van der Waals surface area contributed by atoms with Gasteiger partial charge in [0, 0.05) is 6.07 Å². The molecule has 12 nitrogen and oxygen atoms in total. The second-order valence-electron chi connectivity index (χ2n) is 4.15. The van der Waals surface area contributed by atoms with Crippen molar-refractivity contribution in [3.63, 3.8) is 0 Å². The Balaban J connectivity index is 2.07. The van der Waals surface area contributed by atoms with Crippen molar-refractivity contribution in [2.24, 2.45) is 0 Å². The van der Waals surface area contributed by atoms with Gasteiger partial charge in [0.15, 0.2) is 12.2 Å². The number of benzene rings is 1. The number of nitro groups is 2. The van der Waals surface area contributed by atoms with E-state index < -0.39 is 45.3 Å². The van der Waals surface area contributed by atoms with Gasteiger partial charge in [0.2, 0.25) is 0 Å². The van der Waals surface area contributed by atoms with Crippen LogP contribution in [-0.2, 0) is 14.3 Å². The van der Waals surface area contributed by atoms with Gasteiger partial charge in [-0.15, -0.1) is 0 Å². The van der Waals surface area contributed by atoms with Crippen molar-refractivity contribution < 1.29 is 29.3 Å². The van der Waals surface area contributed by atoms with Crippen molar-refractivity contribution >= 4 is 28.9 Å². The van der Waals surface area contributed by atoms with E-state index in [0.29, 0.717) is 0 Å². The quantitative estimate of drug-likeness (QED) is 0.364. The fraction of sp³-hybridized carbons (Fsp3) is 0.200. The lowest BCUT2D eigenvalue weighted by atomic mass is 10.2. The van der Waals surface area contributed by atoms with Crippen LogP contribution in [0, 0.1) is 20.2 Å². The number of hydrazine groups is 1. The van der Waals surface area contributed by atoms with Crippen molar-refractivity contribution in [3.8, 4) is 0 Å². The molecule has 1 aromatic rings. The van der Waals surface area contributed by atoms with E-state index in [1.807, 2.05) is 5.43 Å². The average Bonchev–Trinajstić information content (AvgIpc) is 3.24. The number of rotatable bonds is 6. The third-order valence-electron chi connectivity index (χ3n) is 2.70. The first-order valence-electron chi connectivity index (χ1n) is 5.68. The van der Waals surface area contributed by atoms with Crippen LogP contribution in [0.2, 0.25) is 0 Å². The summed E-state index contributed by atoms with van der Waals surface area (Å²) in [7, 11) is 0. The zero-order valence-corrected chi connectivity index (χ0v) is 10.6. The van der Waals surface area contributed by atoms with E-state index in [1.165, 1.54) is 0 Å². The number of nitro benzene ring substituents is 2. The number of nitrogens with zero attached hydrogens (tertiary/aromatic N) is 2. The number of carboxylic acids is 1. The molecular formula is C10H8N4O8. The Morgan fingerprint density at radius 2 is 1.86 bits per heavy atom. The normalized spacial score (nSPS) is 19.1. The number of amides is 1. The first-order chi connectivity index (χ1) is 10.3. The minimum atomic E-state index is -1.30. The molecule has 22 heavy (non-hydrogen) atoms. The number of carboxylic acid groups (broad SMARTS) is 1. The van der Waals surface area contributed by atoms with Gasteiger partial charge >= 0.3 is 11.7 Å². The first kappa shape index (κ1) is 15.1. The monoisotopic (exact) mass is 312 g/mol. The topological polar surface area (TPSA) is 177 Å². The summed E-state index contributed by atoms with van der Waals surface area (Å²) in [5, 5.41) is 30.0. The summed E-state index contributed by atoms with van der Waals surface area (Å²) in [6.07, 6.45) is -2.45. The number of nitrogens with one attached hydrogen (secondary N) is 2. The summed E-state index contributed by atoms with van der Waals surface area (Å²) in [5.41, 5.74) is 2.93. The molecule has 2 atom stereocenters. The molecule has 1 aromatic carbocycles. The second kappa shape index (κ2) is 5.61. The van der Waals surface area contributed by atoms with E-state index in [9.17, 15) is 29.8 Å². The Bertz CT molecular complexity index is 675. The molecule has 0 saturated carbocycles. The Kier molecular flexibility index (Phi) is 3.85. The maximum Gasteiger partial charge on any atom is 0.336 e. The summed E-state index contributed by atoms with van der Waals surface area (Å²) >= 11 is 0. The second-order valence-corrected chi connectivity index (χ2v) is 4.15. The number of epoxide rings is 1. The summed E-state index contributed by atoms with van der Waals surface area (Å²) in [6, 6.07) is 2.77. The van der Waals surface area contributed by atoms with Crippen LogP contribution in [0.5, 0.6) is 0 Å². The Labute approximate surface area is 120 Å². The molecule has 0 radical (unpaired) electrons. The van der Waals surface area contributed by atoms with Crippen LogP contribution in [0.3, 0.4) is 0 Å². The van der Waals surface area contributed by atoms with Gasteiger partial charge in [-0.1, -0.05) is 0 Å². The van der Waals surface area contributed by atoms with E-state index >= 15 is 0 Å². The number of hydrogen-bond acceptors (Lipinski definition) is 8. The summed E-state index contributed by atoms with van der Waals surface area (Å²) < 4.78 is 4.58. The fourth-order valence-corrected chi connectivity index (χ4v) is 1.59. The Morgan fingerprint density at radius 1 is 1.18 bits per heavy atom. The lowest BCUT2D eigenvalue weighted by Crippen LogP contribution is -2.35. The molecule has 1 saturated heterocycles. The first-order valence-corrected chi connectivity index (χ1v) is 5.68. The van der Waals surface area contributed by atoms with Gasteiger partial charge in [0.05, 0.1) is 15.9 Å². The molecule has 1 amide bonds. The highest BCUT2D eigenvalue weighted by molar-refractivity contribution is 5.92. The third kappa shape index (κ3) is 3.06. The third-order valence-corrected chi connectivity index (χ3v) is 2.70. The van der Waals surface area contributed by atoms with Crippen molar-refractivity contribution in [2.75, 3.05) is 5.43 Å². The zero-order chi connectivity index (χ0) is 16.4. The molecule has 0 unspecified atom stereocenters. The van der Waals surface area contributed by atoms with Crippen molar-refractivity contribution in [3.05, 3.63) is 38.4 Å². The summed E-state index contributed by atoms with van der Waals surface area (Å²) in [4.78, 5) is 41.8.